The fourth-order valence-electron chi connectivity index (χ4n) is 1.25. The van der Waals surface area contributed by atoms with Gasteiger partial charge in [0.2, 0.25) is 5.13 Å². The van der Waals surface area contributed by atoms with Gasteiger partial charge in [-0.1, -0.05) is 0 Å². The lowest BCUT2D eigenvalue weighted by Gasteiger charge is -2.01. The Morgan fingerprint density at radius 1 is 1.50 bits per heavy atom. The number of hydrogen-bond donors (Lipinski definition) is 2. The summed E-state index contributed by atoms with van der Waals surface area (Å²) in [4.78, 5) is 4.04. The van der Waals surface area contributed by atoms with E-state index in [4.69, 9.17) is 0 Å². The molecule has 2 rings (SSSR count). The molecule has 0 radical (unpaired) electrons. The first-order valence-electron chi connectivity index (χ1n) is 4.28. The molecule has 0 fully saturated rings. The van der Waals surface area contributed by atoms with Crippen molar-refractivity contribution in [2.45, 2.75) is 20.4 Å². The molecule has 0 aliphatic rings. The van der Waals surface area contributed by atoms with Gasteiger partial charge in [0.05, 0.1) is 5.69 Å². The second-order valence-electron chi connectivity index (χ2n) is 3.01. The van der Waals surface area contributed by atoms with Crippen molar-refractivity contribution in [3.63, 3.8) is 0 Å². The predicted octanol–water partition coefficient (Wildman–Crippen LogP) is 1.49. The van der Waals surface area contributed by atoms with Crippen molar-refractivity contribution in [1.29, 1.82) is 0 Å². The topological polar surface area (TPSA) is 66.5 Å². The molecule has 2 aromatic rings. The van der Waals surface area contributed by atoms with Crippen molar-refractivity contribution in [3.8, 4) is 0 Å². The van der Waals surface area contributed by atoms with Gasteiger partial charge in [-0.15, -0.1) is 0 Å². The molecule has 0 atom stereocenters. The predicted molar refractivity (Wildman–Crippen MR) is 55.3 cm³/mol. The third-order valence-corrected chi connectivity index (χ3v) is 2.68. The van der Waals surface area contributed by atoms with E-state index in [-0.39, 0.29) is 0 Å². The summed E-state index contributed by atoms with van der Waals surface area (Å²) in [5.74, 6) is 0. The first kappa shape index (κ1) is 9.14. The van der Waals surface area contributed by atoms with Crippen LogP contribution in [0.25, 0.3) is 0 Å². The minimum atomic E-state index is 0.739. The van der Waals surface area contributed by atoms with Crippen LogP contribution in [-0.4, -0.2) is 19.6 Å². The van der Waals surface area contributed by atoms with Crippen LogP contribution < -0.4 is 5.32 Å². The minimum Gasteiger partial charge on any atom is -0.356 e. The van der Waals surface area contributed by atoms with E-state index in [2.05, 4.69) is 24.9 Å². The maximum Gasteiger partial charge on any atom is 0.202 e. The first-order valence-corrected chi connectivity index (χ1v) is 5.05. The van der Waals surface area contributed by atoms with Crippen LogP contribution in [-0.2, 0) is 6.54 Å². The highest BCUT2D eigenvalue weighted by Gasteiger charge is 2.06. The van der Waals surface area contributed by atoms with Crippen LogP contribution in [0.1, 0.15) is 17.0 Å². The van der Waals surface area contributed by atoms with E-state index >= 15 is 0 Å². The average Bonchev–Trinajstić information content (AvgIpc) is 2.76. The van der Waals surface area contributed by atoms with E-state index in [1.54, 1.807) is 6.33 Å². The molecule has 0 spiro atoms. The second-order valence-corrected chi connectivity index (χ2v) is 3.79. The summed E-state index contributed by atoms with van der Waals surface area (Å²) in [7, 11) is 0. The molecule has 0 saturated heterocycles. The molecule has 2 aromatic heterocycles. The van der Waals surface area contributed by atoms with Crippen LogP contribution >= 0.6 is 11.5 Å². The Hall–Kier alpha value is -1.43. The maximum absolute atomic E-state index is 4.12. The quantitative estimate of drug-likeness (QED) is 0.803. The lowest BCUT2D eigenvalue weighted by Crippen LogP contribution is -2.00. The average molecular weight is 209 g/mol. The molecular formula is C8H11N5S. The van der Waals surface area contributed by atoms with Gasteiger partial charge in [-0.25, -0.2) is 4.98 Å². The lowest BCUT2D eigenvalue weighted by molar-refractivity contribution is 1.02. The third-order valence-electron chi connectivity index (χ3n) is 2.06. The molecular weight excluding hydrogens is 198 g/mol. The number of H-pyrrole nitrogens is 1. The number of aromatic nitrogens is 4. The van der Waals surface area contributed by atoms with Crippen molar-refractivity contribution in [1.82, 2.24) is 19.6 Å². The van der Waals surface area contributed by atoms with Crippen molar-refractivity contribution < 1.29 is 0 Å². The molecule has 0 unspecified atom stereocenters. The van der Waals surface area contributed by atoms with Gasteiger partial charge < -0.3 is 5.32 Å². The number of nitrogens with zero attached hydrogens (tertiary/aromatic N) is 3. The molecule has 14 heavy (non-hydrogen) atoms. The highest BCUT2D eigenvalue weighted by Crippen LogP contribution is 2.13. The maximum atomic E-state index is 4.12. The van der Waals surface area contributed by atoms with Crippen LogP contribution in [0.5, 0.6) is 0 Å². The lowest BCUT2D eigenvalue weighted by atomic mass is 10.2. The van der Waals surface area contributed by atoms with E-state index in [1.807, 2.05) is 13.8 Å². The molecule has 0 aromatic carbocycles. The van der Waals surface area contributed by atoms with Crippen LogP contribution in [0.2, 0.25) is 0 Å². The molecule has 74 valence electrons. The Kier molecular flexibility index (Phi) is 2.45. The van der Waals surface area contributed by atoms with Gasteiger partial charge in [0.1, 0.15) is 6.33 Å². The molecule has 2 heterocycles. The van der Waals surface area contributed by atoms with Gasteiger partial charge in [-0.05, 0) is 13.8 Å². The number of nitrogens with one attached hydrogen (secondary N) is 2. The molecule has 0 saturated carbocycles. The summed E-state index contributed by atoms with van der Waals surface area (Å²) in [6.45, 7) is 4.74. The molecule has 0 bridgehead atoms. The summed E-state index contributed by atoms with van der Waals surface area (Å²) < 4.78 is 3.91. The highest BCUT2D eigenvalue weighted by atomic mass is 32.1. The Labute approximate surface area is 85.8 Å². The van der Waals surface area contributed by atoms with Crippen LogP contribution in [0.15, 0.2) is 6.33 Å². The Morgan fingerprint density at radius 2 is 2.36 bits per heavy atom. The fraction of sp³-hybridized carbons (Fsp3) is 0.375. The summed E-state index contributed by atoms with van der Waals surface area (Å²) in [6, 6.07) is 0. The minimum absolute atomic E-state index is 0.739. The Morgan fingerprint density at radius 3 is 2.93 bits per heavy atom. The molecule has 2 N–H and O–H groups in total. The van der Waals surface area contributed by atoms with Crippen molar-refractivity contribution in [2.24, 2.45) is 0 Å². The molecule has 0 amide bonds. The van der Waals surface area contributed by atoms with E-state index in [0.717, 1.165) is 23.1 Å². The zero-order valence-corrected chi connectivity index (χ0v) is 8.85. The Balaban J connectivity index is 2.05. The molecule has 0 aliphatic heterocycles. The first-order chi connectivity index (χ1) is 6.77. The number of anilines is 1. The zero-order valence-electron chi connectivity index (χ0n) is 8.03. The second kappa shape index (κ2) is 3.75. The summed E-state index contributed by atoms with van der Waals surface area (Å²) in [6.07, 6.45) is 1.54. The van der Waals surface area contributed by atoms with Gasteiger partial charge in [0, 0.05) is 29.3 Å². The fourth-order valence-corrected chi connectivity index (χ4v) is 1.67. The summed E-state index contributed by atoms with van der Waals surface area (Å²) >= 11 is 1.35. The smallest absolute Gasteiger partial charge is 0.202 e. The van der Waals surface area contributed by atoms with Gasteiger partial charge in [-0.2, -0.15) is 9.47 Å². The van der Waals surface area contributed by atoms with Crippen molar-refractivity contribution >= 4 is 16.7 Å². The number of hydrogen-bond acceptors (Lipinski definition) is 5. The summed E-state index contributed by atoms with van der Waals surface area (Å²) in [5, 5.41) is 11.1. The number of rotatable bonds is 3. The van der Waals surface area contributed by atoms with E-state index in [0.29, 0.717) is 0 Å². The van der Waals surface area contributed by atoms with Crippen molar-refractivity contribution in [2.75, 3.05) is 5.32 Å². The van der Waals surface area contributed by atoms with Gasteiger partial charge in [0.25, 0.3) is 0 Å². The van der Waals surface area contributed by atoms with Crippen LogP contribution in [0.4, 0.5) is 5.13 Å². The molecule has 5 nitrogen and oxygen atoms in total. The third kappa shape index (κ3) is 1.74. The van der Waals surface area contributed by atoms with Gasteiger partial charge >= 0.3 is 0 Å². The standard InChI is InChI=1S/C8H11N5S/c1-5-7(6(2)13-12-5)3-9-8-10-4-11-14-8/h4H,3H2,1-2H3,(H,12,13)(H,9,10,11). The Bertz CT molecular complexity index is 386. The normalized spacial score (nSPS) is 10.4. The highest BCUT2D eigenvalue weighted by molar-refractivity contribution is 7.09. The largest absolute Gasteiger partial charge is 0.356 e. The van der Waals surface area contributed by atoms with Gasteiger partial charge in [-0.3, -0.25) is 5.10 Å². The number of aryl methyl sites for hydroxylation is 2. The molecule has 6 heteroatoms. The zero-order chi connectivity index (χ0) is 9.97. The van der Waals surface area contributed by atoms with Crippen LogP contribution in [0.3, 0.4) is 0 Å². The van der Waals surface area contributed by atoms with E-state index < -0.39 is 0 Å². The van der Waals surface area contributed by atoms with Gasteiger partial charge in [0.15, 0.2) is 0 Å². The SMILES string of the molecule is Cc1n[nH]c(C)c1CNc1ncns1. The summed E-state index contributed by atoms with van der Waals surface area (Å²) in [5.41, 5.74) is 3.32. The van der Waals surface area contributed by atoms with Crippen LogP contribution in [0, 0.1) is 13.8 Å². The number of aromatic amines is 1. The van der Waals surface area contributed by atoms with Crippen molar-refractivity contribution in [3.05, 3.63) is 23.3 Å². The monoisotopic (exact) mass is 209 g/mol. The van der Waals surface area contributed by atoms with E-state index in [1.165, 1.54) is 17.1 Å². The molecule has 0 aliphatic carbocycles. The van der Waals surface area contributed by atoms with E-state index in [9.17, 15) is 0 Å².